The van der Waals surface area contributed by atoms with Crippen LogP contribution in [0, 0.1) is 5.82 Å². The van der Waals surface area contributed by atoms with Gasteiger partial charge in [0, 0.05) is 18.9 Å². The second kappa shape index (κ2) is 6.37. The van der Waals surface area contributed by atoms with Crippen LogP contribution in [-0.2, 0) is 11.2 Å². The lowest BCUT2D eigenvalue weighted by Crippen LogP contribution is -2.30. The number of hydrogen-bond acceptors (Lipinski definition) is 2. The third-order valence-electron chi connectivity index (χ3n) is 2.85. The number of furan rings is 1. The number of rotatable bonds is 5. The van der Waals surface area contributed by atoms with Crippen LogP contribution in [0.3, 0.4) is 0 Å². The number of carbonyl (C=O) groups excluding carboxylic acids is 1. The fourth-order valence-electron chi connectivity index (χ4n) is 1.95. The Balaban J connectivity index is 2.00. The minimum Gasteiger partial charge on any atom is -0.461 e. The molecule has 0 aliphatic heterocycles. The van der Waals surface area contributed by atoms with Crippen molar-refractivity contribution in [3.8, 4) is 11.3 Å². The summed E-state index contributed by atoms with van der Waals surface area (Å²) in [4.78, 5) is 11.5. The molecule has 1 aromatic carbocycles. The number of aryl methyl sites for hydroxylation is 1. The molecule has 0 saturated carbocycles. The van der Waals surface area contributed by atoms with Gasteiger partial charge in [-0.25, -0.2) is 4.39 Å². The van der Waals surface area contributed by atoms with E-state index in [0.717, 1.165) is 0 Å². The number of nitrogens with one attached hydrogen (secondary N) is 1. The zero-order valence-corrected chi connectivity index (χ0v) is 11.7. The molecule has 0 aliphatic carbocycles. The Bertz CT molecular complexity index is 590. The molecule has 0 atom stereocenters. The Hall–Kier alpha value is -2.10. The fourth-order valence-corrected chi connectivity index (χ4v) is 1.95. The van der Waals surface area contributed by atoms with E-state index in [2.05, 4.69) is 5.32 Å². The standard InChI is InChI=1S/C16H18FNO2/c1-11(2)18-16(19)10-8-12-7-9-15(20-12)13-5-3-4-6-14(13)17/h3-7,9,11H,8,10H2,1-2H3,(H,18,19). The number of halogens is 1. The van der Waals surface area contributed by atoms with Crippen LogP contribution in [0.5, 0.6) is 0 Å². The van der Waals surface area contributed by atoms with Gasteiger partial charge in [-0.2, -0.15) is 0 Å². The molecule has 106 valence electrons. The van der Waals surface area contributed by atoms with Crippen molar-refractivity contribution in [2.75, 3.05) is 0 Å². The van der Waals surface area contributed by atoms with Crippen molar-refractivity contribution in [2.24, 2.45) is 0 Å². The highest BCUT2D eigenvalue weighted by molar-refractivity contribution is 5.76. The number of hydrogen-bond donors (Lipinski definition) is 1. The van der Waals surface area contributed by atoms with Gasteiger partial charge in [-0.05, 0) is 38.1 Å². The lowest BCUT2D eigenvalue weighted by Gasteiger charge is -2.07. The average Bonchev–Trinajstić information content (AvgIpc) is 2.85. The van der Waals surface area contributed by atoms with E-state index >= 15 is 0 Å². The highest BCUT2D eigenvalue weighted by Gasteiger charge is 2.10. The van der Waals surface area contributed by atoms with Gasteiger partial charge in [0.15, 0.2) is 0 Å². The topological polar surface area (TPSA) is 42.2 Å². The number of amides is 1. The lowest BCUT2D eigenvalue weighted by atomic mass is 10.1. The maximum atomic E-state index is 13.6. The Morgan fingerprint density at radius 3 is 2.70 bits per heavy atom. The second-order valence-corrected chi connectivity index (χ2v) is 4.97. The first-order chi connectivity index (χ1) is 9.56. The summed E-state index contributed by atoms with van der Waals surface area (Å²) in [6, 6.07) is 10.1. The van der Waals surface area contributed by atoms with Crippen LogP contribution >= 0.6 is 0 Å². The van der Waals surface area contributed by atoms with Crippen LogP contribution < -0.4 is 5.32 Å². The third kappa shape index (κ3) is 3.70. The van der Waals surface area contributed by atoms with Crippen molar-refractivity contribution in [2.45, 2.75) is 32.7 Å². The van der Waals surface area contributed by atoms with Crippen molar-refractivity contribution in [1.82, 2.24) is 5.32 Å². The molecule has 0 aliphatic rings. The van der Waals surface area contributed by atoms with E-state index in [1.54, 1.807) is 30.3 Å². The van der Waals surface area contributed by atoms with E-state index in [9.17, 15) is 9.18 Å². The van der Waals surface area contributed by atoms with E-state index < -0.39 is 0 Å². The largest absolute Gasteiger partial charge is 0.461 e. The summed E-state index contributed by atoms with van der Waals surface area (Å²) in [7, 11) is 0. The van der Waals surface area contributed by atoms with Crippen molar-refractivity contribution in [3.05, 3.63) is 48.0 Å². The molecule has 4 heteroatoms. The van der Waals surface area contributed by atoms with Gasteiger partial charge in [0.05, 0.1) is 5.56 Å². The molecular weight excluding hydrogens is 257 g/mol. The molecule has 2 aromatic rings. The highest BCUT2D eigenvalue weighted by atomic mass is 19.1. The van der Waals surface area contributed by atoms with Crippen LogP contribution in [-0.4, -0.2) is 11.9 Å². The van der Waals surface area contributed by atoms with Crippen LogP contribution in [0.15, 0.2) is 40.8 Å². The highest BCUT2D eigenvalue weighted by Crippen LogP contribution is 2.25. The van der Waals surface area contributed by atoms with Gasteiger partial charge in [0.1, 0.15) is 17.3 Å². The quantitative estimate of drug-likeness (QED) is 0.906. The van der Waals surface area contributed by atoms with E-state index in [4.69, 9.17) is 4.42 Å². The van der Waals surface area contributed by atoms with Crippen LogP contribution in [0.2, 0.25) is 0 Å². The normalized spacial score (nSPS) is 10.8. The van der Waals surface area contributed by atoms with Gasteiger partial charge in [-0.1, -0.05) is 12.1 Å². The monoisotopic (exact) mass is 275 g/mol. The molecule has 3 nitrogen and oxygen atoms in total. The molecule has 2 rings (SSSR count). The van der Waals surface area contributed by atoms with Gasteiger partial charge in [-0.15, -0.1) is 0 Å². The zero-order valence-electron chi connectivity index (χ0n) is 11.7. The fraction of sp³-hybridized carbons (Fsp3) is 0.312. The van der Waals surface area contributed by atoms with E-state index in [-0.39, 0.29) is 17.8 Å². The predicted molar refractivity (Wildman–Crippen MR) is 75.7 cm³/mol. The maximum absolute atomic E-state index is 13.6. The Labute approximate surface area is 117 Å². The minimum atomic E-state index is -0.314. The summed E-state index contributed by atoms with van der Waals surface area (Å²) in [6.07, 6.45) is 0.870. The first kappa shape index (κ1) is 14.3. The molecule has 1 aromatic heterocycles. The molecule has 1 heterocycles. The molecule has 1 amide bonds. The molecular formula is C16H18FNO2. The molecule has 1 N–H and O–H groups in total. The van der Waals surface area contributed by atoms with E-state index in [1.807, 2.05) is 13.8 Å². The van der Waals surface area contributed by atoms with Crippen LogP contribution in [0.4, 0.5) is 4.39 Å². The predicted octanol–water partition coefficient (Wildman–Crippen LogP) is 3.54. The molecule has 20 heavy (non-hydrogen) atoms. The number of carbonyl (C=O) groups is 1. The smallest absolute Gasteiger partial charge is 0.220 e. The summed E-state index contributed by atoms with van der Waals surface area (Å²) < 4.78 is 19.2. The zero-order chi connectivity index (χ0) is 14.5. The summed E-state index contributed by atoms with van der Waals surface area (Å²) in [5.74, 6) is 0.847. The minimum absolute atomic E-state index is 0.0103. The van der Waals surface area contributed by atoms with E-state index in [0.29, 0.717) is 29.9 Å². The first-order valence-electron chi connectivity index (χ1n) is 6.69. The Morgan fingerprint density at radius 2 is 2.00 bits per heavy atom. The van der Waals surface area contributed by atoms with E-state index in [1.165, 1.54) is 6.07 Å². The average molecular weight is 275 g/mol. The third-order valence-corrected chi connectivity index (χ3v) is 2.85. The van der Waals surface area contributed by atoms with Gasteiger partial charge in [0.25, 0.3) is 0 Å². The molecule has 0 bridgehead atoms. The second-order valence-electron chi connectivity index (χ2n) is 4.97. The number of benzene rings is 1. The summed E-state index contributed by atoms with van der Waals surface area (Å²) in [5.41, 5.74) is 0.436. The van der Waals surface area contributed by atoms with Gasteiger partial charge >= 0.3 is 0 Å². The lowest BCUT2D eigenvalue weighted by molar-refractivity contribution is -0.121. The van der Waals surface area contributed by atoms with Crippen LogP contribution in [0.25, 0.3) is 11.3 Å². The van der Waals surface area contributed by atoms with Crippen molar-refractivity contribution in [1.29, 1.82) is 0 Å². The summed E-state index contributed by atoms with van der Waals surface area (Å²) in [5, 5.41) is 2.82. The Morgan fingerprint density at radius 1 is 1.25 bits per heavy atom. The van der Waals surface area contributed by atoms with Crippen molar-refractivity contribution >= 4 is 5.91 Å². The van der Waals surface area contributed by atoms with Crippen molar-refractivity contribution < 1.29 is 13.6 Å². The molecule has 0 radical (unpaired) electrons. The SMILES string of the molecule is CC(C)NC(=O)CCc1ccc(-c2ccccc2F)o1. The Kier molecular flexibility index (Phi) is 4.56. The summed E-state index contributed by atoms with van der Waals surface area (Å²) in [6.45, 7) is 3.84. The van der Waals surface area contributed by atoms with Crippen LogP contribution in [0.1, 0.15) is 26.0 Å². The first-order valence-corrected chi connectivity index (χ1v) is 6.69. The summed E-state index contributed by atoms with van der Waals surface area (Å²) >= 11 is 0. The van der Waals surface area contributed by atoms with Gasteiger partial charge in [-0.3, -0.25) is 4.79 Å². The molecule has 0 fully saturated rings. The van der Waals surface area contributed by atoms with Gasteiger partial charge in [0.2, 0.25) is 5.91 Å². The molecule has 0 saturated heterocycles. The molecule has 0 unspecified atom stereocenters. The van der Waals surface area contributed by atoms with Crippen molar-refractivity contribution in [3.63, 3.8) is 0 Å². The molecule has 0 spiro atoms. The van der Waals surface area contributed by atoms with Gasteiger partial charge < -0.3 is 9.73 Å². The maximum Gasteiger partial charge on any atom is 0.220 e.